The molecule has 1 aliphatic carbocycles. The van der Waals surface area contributed by atoms with E-state index in [-0.39, 0.29) is 11.9 Å². The number of rotatable bonds is 5. The molecule has 1 aliphatic heterocycles. The van der Waals surface area contributed by atoms with Crippen LogP contribution in [0, 0.1) is 11.8 Å². The minimum Gasteiger partial charge on any atom is -0.494 e. The molecule has 0 radical (unpaired) electrons. The predicted molar refractivity (Wildman–Crippen MR) is 117 cm³/mol. The lowest BCUT2D eigenvalue weighted by atomic mass is 10.0. The Labute approximate surface area is 176 Å². The summed E-state index contributed by atoms with van der Waals surface area (Å²) in [7, 11) is 0. The normalized spacial score (nSPS) is 22.8. The predicted octanol–water partition coefficient (Wildman–Crippen LogP) is 3.67. The van der Waals surface area contributed by atoms with Crippen LogP contribution in [0.1, 0.15) is 30.3 Å². The molecular formula is C24H26N4O2. The highest BCUT2D eigenvalue weighted by atomic mass is 16.5. The number of anilines is 1. The highest BCUT2D eigenvalue weighted by molar-refractivity contribution is 6.12. The van der Waals surface area contributed by atoms with Crippen molar-refractivity contribution >= 4 is 22.5 Å². The van der Waals surface area contributed by atoms with Crippen molar-refractivity contribution < 1.29 is 9.53 Å². The molecule has 2 aromatic carbocycles. The summed E-state index contributed by atoms with van der Waals surface area (Å²) in [6.45, 7) is 4.68. The molecule has 0 spiro atoms. The number of amides is 1. The summed E-state index contributed by atoms with van der Waals surface area (Å²) in [4.78, 5) is 24.6. The maximum Gasteiger partial charge on any atom is 0.277 e. The van der Waals surface area contributed by atoms with Gasteiger partial charge in [-0.1, -0.05) is 18.2 Å². The third-order valence-corrected chi connectivity index (χ3v) is 6.38. The van der Waals surface area contributed by atoms with Crippen LogP contribution in [-0.4, -0.2) is 41.6 Å². The molecule has 1 amide bonds. The zero-order chi connectivity index (χ0) is 20.5. The van der Waals surface area contributed by atoms with E-state index in [0.29, 0.717) is 24.1 Å². The van der Waals surface area contributed by atoms with Gasteiger partial charge in [0.2, 0.25) is 0 Å². The van der Waals surface area contributed by atoms with Crippen molar-refractivity contribution in [2.45, 2.75) is 25.8 Å². The van der Waals surface area contributed by atoms with E-state index in [4.69, 9.17) is 4.74 Å². The number of hydrogen-bond donors (Lipinski definition) is 1. The van der Waals surface area contributed by atoms with E-state index in [1.807, 2.05) is 60.4 Å². The van der Waals surface area contributed by atoms with Gasteiger partial charge in [0.15, 0.2) is 0 Å². The molecule has 2 fully saturated rings. The summed E-state index contributed by atoms with van der Waals surface area (Å²) in [5.74, 6) is 2.02. The Morgan fingerprint density at radius 2 is 1.80 bits per heavy atom. The first-order valence-corrected chi connectivity index (χ1v) is 10.7. The van der Waals surface area contributed by atoms with E-state index in [9.17, 15) is 4.79 Å². The van der Waals surface area contributed by atoms with Gasteiger partial charge in [-0.15, -0.1) is 0 Å². The third kappa shape index (κ3) is 3.41. The maximum atomic E-state index is 13.9. The van der Waals surface area contributed by atoms with Gasteiger partial charge >= 0.3 is 0 Å². The second kappa shape index (κ2) is 8.03. The molecule has 2 atom stereocenters. The van der Waals surface area contributed by atoms with Crippen LogP contribution >= 0.6 is 0 Å². The van der Waals surface area contributed by atoms with Crippen LogP contribution in [0.5, 0.6) is 5.75 Å². The fourth-order valence-corrected chi connectivity index (χ4v) is 5.00. The Kier molecular flexibility index (Phi) is 5.09. The lowest BCUT2D eigenvalue weighted by molar-refractivity contribution is 0.0973. The molecule has 1 aromatic heterocycles. The Balaban J connectivity index is 1.54. The van der Waals surface area contributed by atoms with E-state index < -0.39 is 0 Å². The number of benzene rings is 2. The molecular weight excluding hydrogens is 376 g/mol. The Hall–Kier alpha value is -2.99. The Morgan fingerprint density at radius 1 is 1.07 bits per heavy atom. The molecule has 2 unspecified atom stereocenters. The molecule has 6 nitrogen and oxygen atoms in total. The number of carbonyl (C=O) groups is 1. The molecule has 1 saturated carbocycles. The lowest BCUT2D eigenvalue weighted by Crippen LogP contribution is -2.40. The van der Waals surface area contributed by atoms with Gasteiger partial charge in [-0.05, 0) is 75.0 Å². The van der Waals surface area contributed by atoms with Crippen molar-refractivity contribution in [2.75, 3.05) is 24.6 Å². The molecule has 1 saturated heterocycles. The smallest absolute Gasteiger partial charge is 0.277 e. The topological polar surface area (TPSA) is 67.3 Å². The van der Waals surface area contributed by atoms with Gasteiger partial charge in [0.05, 0.1) is 12.1 Å². The van der Waals surface area contributed by atoms with E-state index >= 15 is 0 Å². The summed E-state index contributed by atoms with van der Waals surface area (Å²) < 4.78 is 5.60. The third-order valence-electron chi connectivity index (χ3n) is 6.38. The van der Waals surface area contributed by atoms with Crippen LogP contribution in [0.2, 0.25) is 0 Å². The van der Waals surface area contributed by atoms with E-state index in [1.165, 1.54) is 6.33 Å². The number of ether oxygens (including phenoxy) is 1. The van der Waals surface area contributed by atoms with Crippen molar-refractivity contribution in [2.24, 2.45) is 11.8 Å². The van der Waals surface area contributed by atoms with Gasteiger partial charge in [0.25, 0.3) is 5.91 Å². The lowest BCUT2D eigenvalue weighted by Gasteiger charge is -2.30. The van der Waals surface area contributed by atoms with E-state index in [1.54, 1.807) is 0 Å². The van der Waals surface area contributed by atoms with Gasteiger partial charge in [-0.3, -0.25) is 4.79 Å². The fraction of sp³-hybridized carbons (Fsp3) is 0.375. The number of carbonyl (C=O) groups excluding carboxylic acids is 1. The van der Waals surface area contributed by atoms with Gasteiger partial charge < -0.3 is 15.0 Å². The number of para-hydroxylation sites is 1. The summed E-state index contributed by atoms with van der Waals surface area (Å²) >= 11 is 0. The molecule has 0 bridgehead atoms. The van der Waals surface area contributed by atoms with Crippen LogP contribution in [0.25, 0.3) is 10.9 Å². The average molecular weight is 402 g/mol. The minimum absolute atomic E-state index is 0.0595. The monoisotopic (exact) mass is 402 g/mol. The molecule has 154 valence electrons. The number of hydrogen-bond acceptors (Lipinski definition) is 5. The standard InChI is InChI=1S/C24H26N4O2/c1-2-30-20-9-7-18(8-10-20)28(19-11-16-13-25-14-17(16)12-19)24(29)23-21-5-3-4-6-22(21)26-15-27-23/h3-10,15-17,19,25H,2,11-14H2,1H3. The zero-order valence-electron chi connectivity index (χ0n) is 17.1. The molecule has 5 rings (SSSR count). The number of fused-ring (bicyclic) bond motifs is 2. The number of nitrogens with zero attached hydrogens (tertiary/aromatic N) is 3. The first-order valence-electron chi connectivity index (χ1n) is 10.7. The fourth-order valence-electron chi connectivity index (χ4n) is 5.00. The SMILES string of the molecule is CCOc1ccc(N(C(=O)c2ncnc3ccccc23)C2CC3CNCC3C2)cc1. The quantitative estimate of drug-likeness (QED) is 0.705. The Morgan fingerprint density at radius 3 is 2.53 bits per heavy atom. The summed E-state index contributed by atoms with van der Waals surface area (Å²) in [6, 6.07) is 15.7. The summed E-state index contributed by atoms with van der Waals surface area (Å²) in [5.41, 5.74) is 2.14. The average Bonchev–Trinajstić information content (AvgIpc) is 3.37. The molecule has 6 heteroatoms. The van der Waals surface area contributed by atoms with Crippen LogP contribution in [0.4, 0.5) is 5.69 Å². The van der Waals surface area contributed by atoms with Crippen LogP contribution in [0.3, 0.4) is 0 Å². The summed E-state index contributed by atoms with van der Waals surface area (Å²) in [6.07, 6.45) is 3.51. The maximum absolute atomic E-state index is 13.9. The largest absolute Gasteiger partial charge is 0.494 e. The summed E-state index contributed by atoms with van der Waals surface area (Å²) in [5, 5.41) is 4.28. The first kappa shape index (κ1) is 19.0. The van der Waals surface area contributed by atoms with Crippen molar-refractivity contribution in [1.29, 1.82) is 0 Å². The molecule has 2 aliphatic rings. The van der Waals surface area contributed by atoms with Crippen molar-refractivity contribution in [3.05, 3.63) is 60.6 Å². The second-order valence-electron chi connectivity index (χ2n) is 8.15. The molecule has 1 N–H and O–H groups in total. The van der Waals surface area contributed by atoms with Gasteiger partial charge in [-0.25, -0.2) is 9.97 Å². The second-order valence-corrected chi connectivity index (χ2v) is 8.15. The van der Waals surface area contributed by atoms with E-state index in [2.05, 4.69) is 15.3 Å². The van der Waals surface area contributed by atoms with Crippen LogP contribution in [0.15, 0.2) is 54.9 Å². The molecule has 3 aromatic rings. The highest BCUT2D eigenvalue weighted by Gasteiger charge is 2.42. The van der Waals surface area contributed by atoms with Crippen molar-refractivity contribution in [3.63, 3.8) is 0 Å². The Bertz CT molecular complexity index is 1040. The van der Waals surface area contributed by atoms with Crippen molar-refractivity contribution in [1.82, 2.24) is 15.3 Å². The minimum atomic E-state index is -0.0595. The van der Waals surface area contributed by atoms with Gasteiger partial charge in [-0.2, -0.15) is 0 Å². The van der Waals surface area contributed by atoms with Gasteiger partial charge in [0, 0.05) is 17.1 Å². The van der Waals surface area contributed by atoms with Crippen LogP contribution < -0.4 is 15.0 Å². The first-order chi connectivity index (χ1) is 14.7. The molecule has 30 heavy (non-hydrogen) atoms. The highest BCUT2D eigenvalue weighted by Crippen LogP contribution is 2.39. The van der Waals surface area contributed by atoms with Crippen molar-refractivity contribution in [3.8, 4) is 5.75 Å². The van der Waals surface area contributed by atoms with Crippen LogP contribution in [-0.2, 0) is 0 Å². The molecule has 2 heterocycles. The van der Waals surface area contributed by atoms with E-state index in [0.717, 1.165) is 48.3 Å². The number of aromatic nitrogens is 2. The van der Waals surface area contributed by atoms with Gasteiger partial charge in [0.1, 0.15) is 17.8 Å². The zero-order valence-corrected chi connectivity index (χ0v) is 17.1. The number of nitrogens with one attached hydrogen (secondary N) is 1.